The minimum absolute atomic E-state index is 0.0203. The molecule has 2 rings (SSSR count). The van der Waals surface area contributed by atoms with Gasteiger partial charge in [-0.2, -0.15) is 0 Å². The average Bonchev–Trinajstić information content (AvgIpc) is 2.39. The maximum Gasteiger partial charge on any atom is 0.141 e. The number of aromatic nitrogens is 1. The summed E-state index contributed by atoms with van der Waals surface area (Å²) in [5, 5.41) is 3.40. The summed E-state index contributed by atoms with van der Waals surface area (Å²) in [6.07, 6.45) is 2.95. The van der Waals surface area contributed by atoms with Crippen molar-refractivity contribution in [1.29, 1.82) is 0 Å². The molecule has 1 unspecified atom stereocenters. The Labute approximate surface area is 113 Å². The number of hydrogen-bond acceptors (Lipinski definition) is 2. The Kier molecular flexibility index (Phi) is 4.27. The van der Waals surface area contributed by atoms with Gasteiger partial charge in [-0.05, 0) is 43.1 Å². The Morgan fingerprint density at radius 1 is 1.21 bits per heavy atom. The smallest absolute Gasteiger partial charge is 0.141 e. The van der Waals surface area contributed by atoms with Crippen molar-refractivity contribution in [2.45, 2.75) is 26.8 Å². The third-order valence-electron chi connectivity index (χ3n) is 3.21. The zero-order chi connectivity index (χ0) is 13.8. The van der Waals surface area contributed by atoms with Crippen molar-refractivity contribution in [1.82, 2.24) is 10.3 Å². The van der Waals surface area contributed by atoms with Gasteiger partial charge in [-0.1, -0.05) is 30.7 Å². The van der Waals surface area contributed by atoms with E-state index in [4.69, 9.17) is 0 Å². The lowest BCUT2D eigenvalue weighted by Gasteiger charge is -2.21. The lowest BCUT2D eigenvalue weighted by molar-refractivity contribution is 0.594. The second-order valence-corrected chi connectivity index (χ2v) is 4.79. The van der Waals surface area contributed by atoms with Crippen LogP contribution in [-0.4, -0.2) is 11.5 Å². The molecule has 0 radical (unpaired) electrons. The highest BCUT2D eigenvalue weighted by atomic mass is 19.1. The summed E-state index contributed by atoms with van der Waals surface area (Å²) in [5.74, 6) is -0.300. The Balaban J connectivity index is 2.48. The summed E-state index contributed by atoms with van der Waals surface area (Å²) in [6.45, 7) is 7.00. The number of rotatable bonds is 4. The number of pyridine rings is 1. The van der Waals surface area contributed by atoms with Crippen LogP contribution < -0.4 is 5.32 Å². The topological polar surface area (TPSA) is 24.9 Å². The van der Waals surface area contributed by atoms with Crippen LogP contribution in [0.3, 0.4) is 0 Å². The van der Waals surface area contributed by atoms with Crippen LogP contribution >= 0.6 is 0 Å². The normalized spacial score (nSPS) is 12.4. The molecule has 19 heavy (non-hydrogen) atoms. The first kappa shape index (κ1) is 13.7. The highest BCUT2D eigenvalue weighted by molar-refractivity contribution is 5.38. The molecule has 0 fully saturated rings. The van der Waals surface area contributed by atoms with Crippen LogP contribution in [0, 0.1) is 19.7 Å². The zero-order valence-corrected chi connectivity index (χ0v) is 11.6. The van der Waals surface area contributed by atoms with Crippen molar-refractivity contribution >= 4 is 0 Å². The van der Waals surface area contributed by atoms with E-state index in [1.54, 1.807) is 12.3 Å². The molecule has 2 aromatic rings. The van der Waals surface area contributed by atoms with Crippen LogP contribution in [0.2, 0.25) is 0 Å². The van der Waals surface area contributed by atoms with Crippen LogP contribution in [0.4, 0.5) is 4.39 Å². The summed E-state index contributed by atoms with van der Waals surface area (Å²) in [4.78, 5) is 3.95. The Morgan fingerprint density at radius 2 is 2.00 bits per heavy atom. The molecule has 0 bridgehead atoms. The van der Waals surface area contributed by atoms with Crippen molar-refractivity contribution in [3.8, 4) is 0 Å². The summed E-state index contributed by atoms with van der Waals surface area (Å²) in [5.41, 5.74) is 4.43. The Bertz CT molecular complexity index is 566. The molecule has 1 aromatic carbocycles. The molecular weight excluding hydrogens is 239 g/mol. The second-order valence-electron chi connectivity index (χ2n) is 4.79. The zero-order valence-electron chi connectivity index (χ0n) is 11.6. The van der Waals surface area contributed by atoms with Crippen molar-refractivity contribution < 1.29 is 4.39 Å². The van der Waals surface area contributed by atoms with Crippen LogP contribution in [0.1, 0.15) is 35.2 Å². The highest BCUT2D eigenvalue weighted by Gasteiger charge is 2.16. The van der Waals surface area contributed by atoms with Gasteiger partial charge in [0, 0.05) is 6.20 Å². The van der Waals surface area contributed by atoms with Gasteiger partial charge in [-0.25, -0.2) is 4.39 Å². The molecule has 1 N–H and O–H groups in total. The molecular formula is C16H19FN2. The van der Waals surface area contributed by atoms with E-state index >= 15 is 0 Å². The minimum Gasteiger partial charge on any atom is -0.306 e. The first-order valence-electron chi connectivity index (χ1n) is 6.52. The van der Waals surface area contributed by atoms with Gasteiger partial charge in [0.05, 0.1) is 12.2 Å². The monoisotopic (exact) mass is 258 g/mol. The van der Waals surface area contributed by atoms with Crippen LogP contribution in [-0.2, 0) is 0 Å². The predicted molar refractivity (Wildman–Crippen MR) is 75.6 cm³/mol. The summed E-state index contributed by atoms with van der Waals surface area (Å²) >= 11 is 0. The van der Waals surface area contributed by atoms with Gasteiger partial charge >= 0.3 is 0 Å². The number of halogens is 1. The van der Waals surface area contributed by atoms with Gasteiger partial charge in [0.2, 0.25) is 0 Å². The molecule has 100 valence electrons. The molecule has 3 heteroatoms. The van der Waals surface area contributed by atoms with Crippen molar-refractivity contribution in [3.05, 3.63) is 64.7 Å². The molecule has 0 amide bonds. The number of benzene rings is 1. The summed E-state index contributed by atoms with van der Waals surface area (Å²) < 4.78 is 13.4. The van der Waals surface area contributed by atoms with Crippen molar-refractivity contribution in [2.24, 2.45) is 0 Å². The van der Waals surface area contributed by atoms with E-state index in [0.29, 0.717) is 0 Å². The van der Waals surface area contributed by atoms with E-state index in [9.17, 15) is 4.39 Å². The molecule has 1 aromatic heterocycles. The van der Waals surface area contributed by atoms with Gasteiger partial charge in [-0.3, -0.25) is 4.98 Å². The summed E-state index contributed by atoms with van der Waals surface area (Å²) in [6, 6.07) is 7.86. The minimum atomic E-state index is -0.300. The molecule has 0 saturated heterocycles. The standard InChI is InChI=1S/C16H19FN2/c1-4-19-16(13-8-14(17)10-18-9-13)15-7-11(2)5-6-12(15)3/h5-10,16,19H,4H2,1-3H3. The van der Waals surface area contributed by atoms with E-state index < -0.39 is 0 Å². The lowest BCUT2D eigenvalue weighted by Crippen LogP contribution is -2.23. The summed E-state index contributed by atoms with van der Waals surface area (Å²) in [7, 11) is 0. The van der Waals surface area contributed by atoms with E-state index in [1.807, 2.05) is 6.92 Å². The molecule has 0 aliphatic heterocycles. The SMILES string of the molecule is CCNC(c1cncc(F)c1)c1cc(C)ccc1C. The van der Waals surface area contributed by atoms with Gasteiger partial charge in [0.25, 0.3) is 0 Å². The number of hydrogen-bond donors (Lipinski definition) is 1. The van der Waals surface area contributed by atoms with Gasteiger partial charge in [0.15, 0.2) is 0 Å². The van der Waals surface area contributed by atoms with Crippen LogP contribution in [0.25, 0.3) is 0 Å². The molecule has 0 aliphatic carbocycles. The molecule has 2 nitrogen and oxygen atoms in total. The lowest BCUT2D eigenvalue weighted by atomic mass is 9.94. The van der Waals surface area contributed by atoms with Crippen LogP contribution in [0.5, 0.6) is 0 Å². The maximum atomic E-state index is 13.4. The van der Waals surface area contributed by atoms with E-state index in [1.165, 1.54) is 22.9 Å². The quantitative estimate of drug-likeness (QED) is 0.907. The Morgan fingerprint density at radius 3 is 2.68 bits per heavy atom. The van der Waals surface area contributed by atoms with Gasteiger partial charge in [0.1, 0.15) is 5.82 Å². The fourth-order valence-corrected chi connectivity index (χ4v) is 2.27. The van der Waals surface area contributed by atoms with E-state index in [2.05, 4.69) is 42.3 Å². The number of nitrogens with zero attached hydrogens (tertiary/aromatic N) is 1. The van der Waals surface area contributed by atoms with Crippen LogP contribution in [0.15, 0.2) is 36.7 Å². The first-order chi connectivity index (χ1) is 9.11. The molecule has 0 saturated carbocycles. The van der Waals surface area contributed by atoms with Gasteiger partial charge in [-0.15, -0.1) is 0 Å². The van der Waals surface area contributed by atoms with E-state index in [0.717, 1.165) is 12.1 Å². The Hall–Kier alpha value is -1.74. The predicted octanol–water partition coefficient (Wildman–Crippen LogP) is 3.54. The maximum absolute atomic E-state index is 13.4. The third kappa shape index (κ3) is 3.18. The molecule has 1 atom stereocenters. The molecule has 0 aliphatic rings. The fraction of sp³-hybridized carbons (Fsp3) is 0.312. The highest BCUT2D eigenvalue weighted by Crippen LogP contribution is 2.25. The molecule has 0 spiro atoms. The van der Waals surface area contributed by atoms with Crippen molar-refractivity contribution in [2.75, 3.05) is 6.54 Å². The number of aryl methyl sites for hydroxylation is 2. The second kappa shape index (κ2) is 5.93. The first-order valence-corrected chi connectivity index (χ1v) is 6.52. The molecule has 1 heterocycles. The van der Waals surface area contributed by atoms with Crippen molar-refractivity contribution in [3.63, 3.8) is 0 Å². The largest absolute Gasteiger partial charge is 0.306 e. The van der Waals surface area contributed by atoms with E-state index in [-0.39, 0.29) is 11.9 Å². The third-order valence-corrected chi connectivity index (χ3v) is 3.21. The number of nitrogens with one attached hydrogen (secondary N) is 1. The fourth-order valence-electron chi connectivity index (χ4n) is 2.27. The average molecular weight is 258 g/mol. The van der Waals surface area contributed by atoms with Gasteiger partial charge < -0.3 is 5.32 Å².